The molecule has 0 bridgehead atoms. The van der Waals surface area contributed by atoms with Gasteiger partial charge in [-0.2, -0.15) is 0 Å². The van der Waals surface area contributed by atoms with Gasteiger partial charge < -0.3 is 20.2 Å². The molecule has 0 spiro atoms. The van der Waals surface area contributed by atoms with Gasteiger partial charge in [0.05, 0.1) is 26.2 Å². The van der Waals surface area contributed by atoms with Crippen LogP contribution in [0, 0.1) is 0 Å². The maximum Gasteiger partial charge on any atom is 0.275 e. The number of phenols is 1. The fourth-order valence-corrected chi connectivity index (χ4v) is 3.27. The first-order chi connectivity index (χ1) is 12.1. The van der Waals surface area contributed by atoms with E-state index in [9.17, 15) is 9.90 Å². The first-order valence-electron chi connectivity index (χ1n) is 8.49. The number of nitrogens with one attached hydrogen (secondary N) is 2. The molecule has 0 saturated carbocycles. The van der Waals surface area contributed by atoms with E-state index in [0.717, 1.165) is 37.4 Å². The molecule has 1 fully saturated rings. The largest absolute Gasteiger partial charge is 0.508 e. The normalized spacial score (nSPS) is 15.2. The lowest BCUT2D eigenvalue weighted by molar-refractivity contribution is -0.892. The Morgan fingerprint density at radius 3 is 2.56 bits per heavy atom. The third-order valence-electron chi connectivity index (χ3n) is 4.47. The lowest BCUT2D eigenvalue weighted by atomic mass is 10.2. The summed E-state index contributed by atoms with van der Waals surface area (Å²) in [7, 11) is 0. The van der Waals surface area contributed by atoms with Crippen LogP contribution in [0.15, 0.2) is 48.5 Å². The van der Waals surface area contributed by atoms with Crippen LogP contribution in [0.4, 0.5) is 5.69 Å². The molecule has 1 heterocycles. The third kappa shape index (κ3) is 5.11. The summed E-state index contributed by atoms with van der Waals surface area (Å²) in [6.07, 6.45) is 0. The van der Waals surface area contributed by atoms with Gasteiger partial charge in [0.2, 0.25) is 0 Å². The standard InChI is InChI=1S/C19H22ClN3O2/c20-16-3-1-2-15(12-16)13-21-19(25)14-22-8-10-23(11-9-22)17-4-6-18(24)7-5-17/h1-7,12,24H,8-11,13-14H2,(H,21,25)/p+1. The quantitative estimate of drug-likeness (QED) is 0.747. The molecule has 6 heteroatoms. The molecule has 132 valence electrons. The van der Waals surface area contributed by atoms with Crippen LogP contribution in [0.1, 0.15) is 5.56 Å². The molecule has 1 amide bonds. The van der Waals surface area contributed by atoms with Crippen molar-refractivity contribution < 1.29 is 14.8 Å². The molecule has 5 nitrogen and oxygen atoms in total. The Morgan fingerprint density at radius 2 is 1.88 bits per heavy atom. The number of amides is 1. The maximum absolute atomic E-state index is 12.2. The Hall–Kier alpha value is -2.24. The zero-order chi connectivity index (χ0) is 17.6. The van der Waals surface area contributed by atoms with Crippen LogP contribution >= 0.6 is 11.6 Å². The van der Waals surface area contributed by atoms with Crippen molar-refractivity contribution in [1.82, 2.24) is 5.32 Å². The number of quaternary nitrogens is 1. The molecule has 0 unspecified atom stereocenters. The Morgan fingerprint density at radius 1 is 1.16 bits per heavy atom. The van der Waals surface area contributed by atoms with Gasteiger partial charge in [-0.3, -0.25) is 4.79 Å². The van der Waals surface area contributed by atoms with E-state index in [1.807, 2.05) is 36.4 Å². The van der Waals surface area contributed by atoms with Gasteiger partial charge in [0.25, 0.3) is 5.91 Å². The van der Waals surface area contributed by atoms with Gasteiger partial charge in [-0.25, -0.2) is 0 Å². The smallest absolute Gasteiger partial charge is 0.275 e. The van der Waals surface area contributed by atoms with E-state index in [1.165, 1.54) is 4.90 Å². The summed E-state index contributed by atoms with van der Waals surface area (Å²) in [4.78, 5) is 15.7. The SMILES string of the molecule is O=C(C[NH+]1CCN(c2ccc(O)cc2)CC1)NCc1cccc(Cl)c1. The predicted octanol–water partition coefficient (Wildman–Crippen LogP) is 1.07. The fraction of sp³-hybridized carbons (Fsp3) is 0.316. The Balaban J connectivity index is 1.42. The summed E-state index contributed by atoms with van der Waals surface area (Å²) in [5, 5.41) is 13.0. The molecule has 0 aliphatic carbocycles. The number of halogens is 1. The molecule has 1 aliphatic heterocycles. The number of hydrogen-bond acceptors (Lipinski definition) is 3. The van der Waals surface area contributed by atoms with Crippen molar-refractivity contribution >= 4 is 23.2 Å². The van der Waals surface area contributed by atoms with Gasteiger partial charge in [-0.05, 0) is 42.0 Å². The highest BCUT2D eigenvalue weighted by molar-refractivity contribution is 6.30. The molecular weight excluding hydrogens is 338 g/mol. The topological polar surface area (TPSA) is 57.0 Å². The van der Waals surface area contributed by atoms with E-state index >= 15 is 0 Å². The van der Waals surface area contributed by atoms with E-state index in [2.05, 4.69) is 10.2 Å². The molecular formula is C19H23ClN3O2+. The molecule has 2 aromatic carbocycles. The molecule has 3 N–H and O–H groups in total. The van der Waals surface area contributed by atoms with Crippen molar-refractivity contribution in [1.29, 1.82) is 0 Å². The van der Waals surface area contributed by atoms with Crippen LogP contribution in [0.3, 0.4) is 0 Å². The maximum atomic E-state index is 12.2. The van der Waals surface area contributed by atoms with Gasteiger partial charge in [-0.15, -0.1) is 0 Å². The number of phenolic OH excluding ortho intramolecular Hbond substituents is 1. The minimum Gasteiger partial charge on any atom is -0.508 e. The van der Waals surface area contributed by atoms with E-state index in [-0.39, 0.29) is 11.7 Å². The Kier molecular flexibility index (Phi) is 5.79. The van der Waals surface area contributed by atoms with Crippen molar-refractivity contribution in [2.75, 3.05) is 37.6 Å². The van der Waals surface area contributed by atoms with Gasteiger partial charge in [0, 0.05) is 17.3 Å². The minimum absolute atomic E-state index is 0.0630. The predicted molar refractivity (Wildman–Crippen MR) is 99.2 cm³/mol. The summed E-state index contributed by atoms with van der Waals surface area (Å²) < 4.78 is 0. The van der Waals surface area contributed by atoms with Crippen LogP contribution in [0.5, 0.6) is 5.75 Å². The highest BCUT2D eigenvalue weighted by Gasteiger charge is 2.22. The number of nitrogens with zero attached hydrogens (tertiary/aromatic N) is 1. The van der Waals surface area contributed by atoms with E-state index in [4.69, 9.17) is 11.6 Å². The van der Waals surface area contributed by atoms with Gasteiger partial charge in [-0.1, -0.05) is 23.7 Å². The average molecular weight is 361 g/mol. The second kappa shape index (κ2) is 8.23. The van der Waals surface area contributed by atoms with Gasteiger partial charge in [0.1, 0.15) is 5.75 Å². The van der Waals surface area contributed by atoms with Gasteiger partial charge >= 0.3 is 0 Å². The van der Waals surface area contributed by atoms with E-state index in [0.29, 0.717) is 18.1 Å². The summed E-state index contributed by atoms with van der Waals surface area (Å²) >= 11 is 5.95. The first-order valence-corrected chi connectivity index (χ1v) is 8.86. The number of anilines is 1. The fourth-order valence-electron chi connectivity index (χ4n) is 3.06. The molecule has 1 aliphatic rings. The highest BCUT2D eigenvalue weighted by atomic mass is 35.5. The van der Waals surface area contributed by atoms with Crippen molar-refractivity contribution in [3.8, 4) is 5.75 Å². The molecule has 2 aromatic rings. The van der Waals surface area contributed by atoms with Crippen molar-refractivity contribution in [2.24, 2.45) is 0 Å². The lowest BCUT2D eigenvalue weighted by Gasteiger charge is -2.33. The number of rotatable bonds is 5. The zero-order valence-electron chi connectivity index (χ0n) is 14.0. The van der Waals surface area contributed by atoms with Crippen LogP contribution in [0.2, 0.25) is 5.02 Å². The number of piperazine rings is 1. The molecule has 0 radical (unpaired) electrons. The Bertz CT molecular complexity index is 713. The van der Waals surface area contributed by atoms with Crippen LogP contribution in [-0.2, 0) is 11.3 Å². The second-order valence-corrected chi connectivity index (χ2v) is 6.77. The first kappa shape index (κ1) is 17.6. The van der Waals surface area contributed by atoms with E-state index < -0.39 is 0 Å². The highest BCUT2D eigenvalue weighted by Crippen LogP contribution is 2.18. The summed E-state index contributed by atoms with van der Waals surface area (Å²) in [6, 6.07) is 14.8. The van der Waals surface area contributed by atoms with Crippen LogP contribution in [-0.4, -0.2) is 43.7 Å². The second-order valence-electron chi connectivity index (χ2n) is 6.34. The number of benzene rings is 2. The molecule has 0 aromatic heterocycles. The number of aromatic hydroxyl groups is 1. The Labute approximate surface area is 152 Å². The van der Waals surface area contributed by atoms with Crippen molar-refractivity contribution in [3.05, 3.63) is 59.1 Å². The van der Waals surface area contributed by atoms with Crippen molar-refractivity contribution in [3.63, 3.8) is 0 Å². The van der Waals surface area contributed by atoms with Crippen LogP contribution < -0.4 is 15.1 Å². The molecule has 25 heavy (non-hydrogen) atoms. The lowest BCUT2D eigenvalue weighted by Crippen LogP contribution is -3.15. The van der Waals surface area contributed by atoms with Crippen LogP contribution in [0.25, 0.3) is 0 Å². The number of carbonyl (C=O) groups excluding carboxylic acids is 1. The zero-order valence-corrected chi connectivity index (χ0v) is 14.8. The number of hydrogen-bond donors (Lipinski definition) is 3. The minimum atomic E-state index is 0.0630. The average Bonchev–Trinajstić information content (AvgIpc) is 2.62. The number of carbonyl (C=O) groups is 1. The molecule has 1 saturated heterocycles. The monoisotopic (exact) mass is 360 g/mol. The summed E-state index contributed by atoms with van der Waals surface area (Å²) in [5.74, 6) is 0.345. The summed E-state index contributed by atoms with van der Waals surface area (Å²) in [6.45, 7) is 4.65. The summed E-state index contributed by atoms with van der Waals surface area (Å²) in [5.41, 5.74) is 2.12. The van der Waals surface area contributed by atoms with Crippen molar-refractivity contribution in [2.45, 2.75) is 6.54 Å². The van der Waals surface area contributed by atoms with Gasteiger partial charge in [0.15, 0.2) is 6.54 Å². The van der Waals surface area contributed by atoms with E-state index in [1.54, 1.807) is 12.1 Å². The molecule has 3 rings (SSSR count). The third-order valence-corrected chi connectivity index (χ3v) is 4.71. The molecule has 0 atom stereocenters.